The first-order valence-corrected chi connectivity index (χ1v) is 12.0. The van der Waals surface area contributed by atoms with Crippen LogP contribution in [-0.2, 0) is 6.54 Å². The third-order valence-electron chi connectivity index (χ3n) is 6.73. The van der Waals surface area contributed by atoms with Crippen LogP contribution in [0.1, 0.15) is 29.5 Å². The van der Waals surface area contributed by atoms with Crippen molar-refractivity contribution in [1.82, 2.24) is 15.1 Å². The molecule has 0 spiro atoms. The van der Waals surface area contributed by atoms with E-state index in [0.29, 0.717) is 6.54 Å². The summed E-state index contributed by atoms with van der Waals surface area (Å²) in [5, 5.41) is 6.53. The van der Waals surface area contributed by atoms with E-state index in [9.17, 15) is 4.79 Å². The predicted octanol–water partition coefficient (Wildman–Crippen LogP) is 3.83. The van der Waals surface area contributed by atoms with Crippen molar-refractivity contribution in [2.75, 3.05) is 56.5 Å². The summed E-state index contributed by atoms with van der Waals surface area (Å²) in [6.07, 6.45) is 2.19. The smallest absolute Gasteiger partial charge is 0.321 e. The molecule has 2 aliphatic heterocycles. The molecule has 0 atom stereocenters. The molecule has 0 radical (unpaired) electrons. The molecule has 0 unspecified atom stereocenters. The van der Waals surface area contributed by atoms with Gasteiger partial charge in [0.25, 0.3) is 0 Å². The number of likely N-dealkylation sites (tertiary alicyclic amines) is 1. The summed E-state index contributed by atoms with van der Waals surface area (Å²) < 4.78 is 0. The van der Waals surface area contributed by atoms with Crippen LogP contribution >= 0.6 is 0 Å². The molecule has 2 amide bonds. The number of benzene rings is 2. The summed E-state index contributed by atoms with van der Waals surface area (Å²) in [5.41, 5.74) is 5.99. The van der Waals surface area contributed by atoms with Crippen LogP contribution in [0.15, 0.2) is 47.5 Å². The van der Waals surface area contributed by atoms with Crippen molar-refractivity contribution in [3.05, 3.63) is 59.2 Å². The number of aliphatic imine (C=N–C) groups is 1. The van der Waals surface area contributed by atoms with Crippen molar-refractivity contribution < 1.29 is 4.79 Å². The van der Waals surface area contributed by atoms with Crippen molar-refractivity contribution in [3.8, 4) is 0 Å². The fraction of sp³-hybridized carbons (Fsp3) is 0.462. The predicted molar refractivity (Wildman–Crippen MR) is 136 cm³/mol. The van der Waals surface area contributed by atoms with Gasteiger partial charge in [0, 0.05) is 64.2 Å². The highest BCUT2D eigenvalue weighted by molar-refractivity contribution is 5.89. The first kappa shape index (κ1) is 23.0. The minimum absolute atomic E-state index is 0.00450. The van der Waals surface area contributed by atoms with Gasteiger partial charge < -0.3 is 25.3 Å². The lowest BCUT2D eigenvalue weighted by Gasteiger charge is -2.38. The van der Waals surface area contributed by atoms with Gasteiger partial charge in [-0.2, -0.15) is 0 Å². The van der Waals surface area contributed by atoms with Gasteiger partial charge in [0.2, 0.25) is 0 Å². The van der Waals surface area contributed by atoms with Crippen molar-refractivity contribution in [2.24, 2.45) is 4.99 Å². The first-order chi connectivity index (χ1) is 16.0. The quantitative estimate of drug-likeness (QED) is 0.551. The lowest BCUT2D eigenvalue weighted by atomic mass is 10.1. The number of carbonyl (C=O) groups excluding carboxylic acids is 1. The zero-order valence-corrected chi connectivity index (χ0v) is 20.1. The molecule has 176 valence electrons. The van der Waals surface area contributed by atoms with Crippen LogP contribution in [0.3, 0.4) is 0 Å². The normalized spacial score (nSPS) is 16.8. The molecule has 33 heavy (non-hydrogen) atoms. The van der Waals surface area contributed by atoms with Crippen LogP contribution < -0.4 is 15.5 Å². The number of rotatable bonds is 4. The fourth-order valence-corrected chi connectivity index (χ4v) is 4.63. The first-order valence-electron chi connectivity index (χ1n) is 12.0. The molecular weight excluding hydrogens is 412 g/mol. The molecular formula is C26H36N6O. The number of aryl methyl sites for hydroxylation is 1. The molecule has 0 aromatic heterocycles. The lowest BCUT2D eigenvalue weighted by molar-refractivity contribution is 0.222. The molecule has 2 aromatic carbocycles. The second-order valence-corrected chi connectivity index (χ2v) is 8.92. The van der Waals surface area contributed by atoms with Crippen molar-refractivity contribution >= 4 is 23.4 Å². The standard InChI is InChI=1S/C26H36N6O/c1-20-8-6-11-24(21(20)2)30-14-16-31(17-15-30)25(27-3)28-19-22-9-7-10-23(18-22)29-26(33)32-12-4-5-13-32/h6-11,18H,4-5,12-17,19H2,1-3H3,(H,27,28)(H,29,33). The molecule has 4 rings (SSSR count). The Kier molecular flexibility index (Phi) is 7.37. The van der Waals surface area contributed by atoms with E-state index in [4.69, 9.17) is 0 Å². The summed E-state index contributed by atoms with van der Waals surface area (Å²) in [7, 11) is 1.84. The van der Waals surface area contributed by atoms with Gasteiger partial charge >= 0.3 is 6.03 Å². The fourth-order valence-electron chi connectivity index (χ4n) is 4.63. The largest absolute Gasteiger partial charge is 0.368 e. The zero-order chi connectivity index (χ0) is 23.2. The third-order valence-corrected chi connectivity index (χ3v) is 6.73. The van der Waals surface area contributed by atoms with Crippen molar-refractivity contribution in [2.45, 2.75) is 33.2 Å². The Balaban J connectivity index is 1.30. The van der Waals surface area contributed by atoms with Gasteiger partial charge in [-0.3, -0.25) is 4.99 Å². The monoisotopic (exact) mass is 448 g/mol. The summed E-state index contributed by atoms with van der Waals surface area (Å²) in [5.74, 6) is 0.919. The van der Waals surface area contributed by atoms with Crippen molar-refractivity contribution in [1.29, 1.82) is 0 Å². The molecule has 2 aromatic rings. The SMILES string of the molecule is CN=C(NCc1cccc(NC(=O)N2CCCC2)c1)N1CCN(c2cccc(C)c2C)CC1. The molecule has 0 aliphatic carbocycles. The number of guanidine groups is 1. The van der Waals surface area contributed by atoms with E-state index in [1.54, 1.807) is 0 Å². The number of nitrogens with one attached hydrogen (secondary N) is 2. The van der Waals surface area contributed by atoms with Gasteiger partial charge in [0.15, 0.2) is 5.96 Å². The Morgan fingerprint density at radius 2 is 1.67 bits per heavy atom. The number of carbonyl (C=O) groups is 1. The highest BCUT2D eigenvalue weighted by atomic mass is 16.2. The van der Waals surface area contributed by atoms with Gasteiger partial charge in [-0.25, -0.2) is 4.79 Å². The second kappa shape index (κ2) is 10.6. The van der Waals surface area contributed by atoms with E-state index in [0.717, 1.165) is 69.3 Å². The zero-order valence-electron chi connectivity index (χ0n) is 20.1. The minimum atomic E-state index is -0.00450. The Morgan fingerprint density at radius 1 is 0.939 bits per heavy atom. The molecule has 0 bridgehead atoms. The van der Waals surface area contributed by atoms with Crippen LogP contribution in [0.2, 0.25) is 0 Å². The average molecular weight is 449 g/mol. The van der Waals surface area contributed by atoms with Crippen LogP contribution in [0.25, 0.3) is 0 Å². The van der Waals surface area contributed by atoms with Crippen LogP contribution in [0, 0.1) is 13.8 Å². The third kappa shape index (κ3) is 5.59. The molecule has 0 saturated carbocycles. The Bertz CT molecular complexity index is 990. The van der Waals surface area contributed by atoms with E-state index < -0.39 is 0 Å². The van der Waals surface area contributed by atoms with Crippen LogP contribution in [0.5, 0.6) is 0 Å². The number of amides is 2. The molecule has 2 aliphatic rings. The number of hydrogen-bond donors (Lipinski definition) is 2. The molecule has 2 heterocycles. The molecule has 7 heteroatoms. The second-order valence-electron chi connectivity index (χ2n) is 8.92. The van der Waals surface area contributed by atoms with Gasteiger partial charge in [-0.15, -0.1) is 0 Å². The molecule has 2 N–H and O–H groups in total. The Hall–Kier alpha value is -3.22. The molecule has 2 saturated heterocycles. The van der Waals surface area contributed by atoms with E-state index in [1.807, 2.05) is 30.1 Å². The number of hydrogen-bond acceptors (Lipinski definition) is 3. The van der Waals surface area contributed by atoms with Crippen LogP contribution in [-0.4, -0.2) is 68.1 Å². The summed E-state index contributed by atoms with van der Waals surface area (Å²) in [4.78, 5) is 23.6. The Morgan fingerprint density at radius 3 is 2.39 bits per heavy atom. The maximum atomic E-state index is 12.4. The minimum Gasteiger partial charge on any atom is -0.368 e. The topological polar surface area (TPSA) is 63.2 Å². The highest BCUT2D eigenvalue weighted by Gasteiger charge is 2.21. The summed E-state index contributed by atoms with van der Waals surface area (Å²) in [6.45, 7) is 10.6. The van der Waals surface area contributed by atoms with Gasteiger partial charge in [0.1, 0.15) is 0 Å². The molecule has 2 fully saturated rings. The Labute approximate surface area is 197 Å². The van der Waals surface area contributed by atoms with E-state index in [-0.39, 0.29) is 6.03 Å². The number of anilines is 2. The average Bonchev–Trinajstić information content (AvgIpc) is 3.37. The highest BCUT2D eigenvalue weighted by Crippen LogP contribution is 2.24. The maximum absolute atomic E-state index is 12.4. The van der Waals surface area contributed by atoms with Gasteiger partial charge in [0.05, 0.1) is 0 Å². The lowest BCUT2D eigenvalue weighted by Crippen LogP contribution is -2.52. The van der Waals surface area contributed by atoms with Crippen LogP contribution in [0.4, 0.5) is 16.2 Å². The van der Waals surface area contributed by atoms with E-state index in [1.165, 1.54) is 16.8 Å². The summed E-state index contributed by atoms with van der Waals surface area (Å²) >= 11 is 0. The molecule has 7 nitrogen and oxygen atoms in total. The van der Waals surface area contributed by atoms with Gasteiger partial charge in [-0.05, 0) is 61.6 Å². The number of urea groups is 1. The van der Waals surface area contributed by atoms with Gasteiger partial charge in [-0.1, -0.05) is 24.3 Å². The number of piperazine rings is 1. The maximum Gasteiger partial charge on any atom is 0.321 e. The summed E-state index contributed by atoms with van der Waals surface area (Å²) in [6, 6.07) is 14.6. The van der Waals surface area contributed by atoms with E-state index in [2.05, 4.69) is 63.5 Å². The van der Waals surface area contributed by atoms with E-state index >= 15 is 0 Å². The van der Waals surface area contributed by atoms with Crippen molar-refractivity contribution in [3.63, 3.8) is 0 Å². The number of nitrogens with zero attached hydrogens (tertiary/aromatic N) is 4.